The van der Waals surface area contributed by atoms with E-state index in [1.807, 2.05) is 72.7 Å². The number of primary amides is 1. The van der Waals surface area contributed by atoms with Gasteiger partial charge in [0.2, 0.25) is 23.5 Å². The van der Waals surface area contributed by atoms with Gasteiger partial charge in [0.1, 0.15) is 18.1 Å². The number of nitrogens with two attached hydrogens (primary N) is 1. The molecule has 51 heavy (non-hydrogen) atoms. The number of ketones is 1. The minimum absolute atomic E-state index is 0.0580. The number of urea groups is 1. The first-order chi connectivity index (χ1) is 23.8. The molecule has 4 fully saturated rings. The van der Waals surface area contributed by atoms with Gasteiger partial charge in [0.05, 0.1) is 6.04 Å². The molecule has 5 rings (SSSR count). The highest BCUT2D eigenvalue weighted by molar-refractivity contribution is 6.37. The zero-order valence-electron chi connectivity index (χ0n) is 30.8. The van der Waals surface area contributed by atoms with Crippen LogP contribution in [0.1, 0.15) is 67.7 Å². The number of carbonyl (C=O) groups is 6. The fraction of sp³-hybridized carbons (Fsp3) is 0.676. The number of piperidine rings is 1. The second-order valence-electron chi connectivity index (χ2n) is 16.8. The highest BCUT2D eigenvalue weighted by Crippen LogP contribution is 2.65. The third-order valence-electron chi connectivity index (χ3n) is 11.3. The van der Waals surface area contributed by atoms with E-state index in [0.717, 1.165) is 18.5 Å². The van der Waals surface area contributed by atoms with E-state index in [-0.39, 0.29) is 35.0 Å². The lowest BCUT2D eigenvalue weighted by molar-refractivity contribution is -0.145. The van der Waals surface area contributed by atoms with Crippen LogP contribution < -0.4 is 26.6 Å². The summed E-state index contributed by atoms with van der Waals surface area (Å²) in [6.07, 6.45) is 2.15. The van der Waals surface area contributed by atoms with Crippen molar-refractivity contribution in [3.8, 4) is 0 Å². The van der Waals surface area contributed by atoms with Crippen molar-refractivity contribution in [2.24, 2.45) is 40.2 Å². The smallest absolute Gasteiger partial charge is 0.316 e. The van der Waals surface area contributed by atoms with E-state index in [1.54, 1.807) is 4.90 Å². The van der Waals surface area contributed by atoms with Crippen LogP contribution >= 0.6 is 11.6 Å². The number of fused-ring (bicyclic) bond motifs is 1. The van der Waals surface area contributed by atoms with Gasteiger partial charge in [0, 0.05) is 43.4 Å². The van der Waals surface area contributed by atoms with Crippen LogP contribution in [0.2, 0.25) is 5.02 Å². The van der Waals surface area contributed by atoms with Gasteiger partial charge < -0.3 is 36.4 Å². The average molecular weight is 728 g/mol. The number of halogens is 1. The largest absolute Gasteiger partial charge is 0.368 e. The molecule has 0 spiro atoms. The number of nitrogens with one attached hydrogen (secondary N) is 3. The summed E-state index contributed by atoms with van der Waals surface area (Å²) in [6, 6.07) is 3.13. The number of likely N-dealkylation sites (tertiary alicyclic amines) is 1. The number of hydrogen-bond donors (Lipinski definition) is 4. The number of amides is 6. The zero-order chi connectivity index (χ0) is 37.6. The third-order valence-corrected chi connectivity index (χ3v) is 11.5. The van der Waals surface area contributed by atoms with Crippen molar-refractivity contribution in [3.05, 3.63) is 29.3 Å². The maximum atomic E-state index is 14.4. The van der Waals surface area contributed by atoms with Crippen LogP contribution in [0, 0.1) is 34.5 Å². The molecule has 2 aliphatic heterocycles. The molecule has 280 valence electrons. The summed E-state index contributed by atoms with van der Waals surface area (Å²) < 4.78 is 0. The van der Waals surface area contributed by atoms with Crippen LogP contribution in [0.5, 0.6) is 0 Å². The predicted octanol–water partition coefficient (Wildman–Crippen LogP) is 2.55. The summed E-state index contributed by atoms with van der Waals surface area (Å²) in [5.41, 5.74) is 5.34. The number of carbonyl (C=O) groups excluding carboxylic acids is 6. The van der Waals surface area contributed by atoms with Crippen molar-refractivity contribution in [1.82, 2.24) is 25.8 Å². The van der Waals surface area contributed by atoms with E-state index in [1.165, 1.54) is 4.90 Å². The summed E-state index contributed by atoms with van der Waals surface area (Å²) in [6.45, 7) is 15.8. The first-order valence-corrected chi connectivity index (χ1v) is 18.5. The summed E-state index contributed by atoms with van der Waals surface area (Å²) in [7, 11) is 0. The molecular formula is C37H54ClN7O6. The van der Waals surface area contributed by atoms with E-state index in [2.05, 4.69) is 20.9 Å². The van der Waals surface area contributed by atoms with Gasteiger partial charge in [-0.25, -0.2) is 4.79 Å². The average Bonchev–Trinajstić information content (AvgIpc) is 3.91. The minimum Gasteiger partial charge on any atom is -0.368 e. The van der Waals surface area contributed by atoms with Crippen molar-refractivity contribution in [3.63, 3.8) is 0 Å². The van der Waals surface area contributed by atoms with Crippen LogP contribution in [-0.2, 0) is 24.0 Å². The fourth-order valence-corrected chi connectivity index (χ4v) is 8.04. The molecule has 2 saturated carbocycles. The van der Waals surface area contributed by atoms with Crippen LogP contribution in [0.3, 0.4) is 0 Å². The molecule has 0 radical (unpaired) electrons. The van der Waals surface area contributed by atoms with Crippen molar-refractivity contribution in [1.29, 1.82) is 0 Å². The molecule has 2 aliphatic carbocycles. The topological polar surface area (TPSA) is 174 Å². The first kappa shape index (κ1) is 38.4. The number of Topliss-reactive ketones (excluding diaryl/α,β-unsaturated/α-hetero) is 1. The number of rotatable bonds is 12. The van der Waals surface area contributed by atoms with Crippen molar-refractivity contribution >= 4 is 52.7 Å². The predicted molar refractivity (Wildman–Crippen MR) is 194 cm³/mol. The standard InChI is InChI=1S/C37H54ClN7O6/c1-20(2)27(33(49)44-15-13-43(14-16-44)23-10-8-9-22(38)18-23)41-35(51)42-30(36(3,4)5)34(50)45-19-24-26(37(24,6)7)28(45)32(48)40-25(17-21-11-12-21)29(46)31(39)47/h8-10,18,20-21,24-28,30H,11-17,19H2,1-7H3,(H2,39,47)(H,40,48)(H2,41,42,51)/t24-,25?,26-,27-,28-,30+/m0/s1. The second-order valence-corrected chi connectivity index (χ2v) is 17.2. The third kappa shape index (κ3) is 8.45. The lowest BCUT2D eigenvalue weighted by atomic mass is 9.85. The molecule has 2 heterocycles. The van der Waals surface area contributed by atoms with Crippen molar-refractivity contribution < 1.29 is 28.8 Å². The van der Waals surface area contributed by atoms with E-state index in [4.69, 9.17) is 17.3 Å². The highest BCUT2D eigenvalue weighted by atomic mass is 35.5. The Balaban J connectivity index is 1.26. The number of benzene rings is 1. The van der Waals surface area contributed by atoms with E-state index < -0.39 is 59.1 Å². The van der Waals surface area contributed by atoms with Gasteiger partial charge in [-0.15, -0.1) is 0 Å². The van der Waals surface area contributed by atoms with Gasteiger partial charge in [-0.1, -0.05) is 79.0 Å². The van der Waals surface area contributed by atoms with Crippen molar-refractivity contribution in [2.75, 3.05) is 37.6 Å². The normalized spacial score (nSPS) is 24.3. The Hall–Kier alpha value is -3.87. The molecule has 0 bridgehead atoms. The summed E-state index contributed by atoms with van der Waals surface area (Å²) in [5.74, 6) is -3.17. The Morgan fingerprint density at radius 2 is 1.61 bits per heavy atom. The first-order valence-electron chi connectivity index (χ1n) is 18.1. The highest BCUT2D eigenvalue weighted by Gasteiger charge is 2.70. The molecule has 0 aromatic heterocycles. The molecular weight excluding hydrogens is 674 g/mol. The SMILES string of the molecule is CC(C)[C@H](NC(=O)N[C@H](C(=O)N1C[C@H]2[C@@H]([C@H]1C(=O)NC(CC1CC1)C(=O)C(N)=O)C2(C)C)C(C)(C)C)C(=O)N1CCN(c2cccc(Cl)c2)CC1. The Kier molecular flexibility index (Phi) is 11.0. The summed E-state index contributed by atoms with van der Waals surface area (Å²) in [4.78, 5) is 85.6. The number of nitrogens with zero attached hydrogens (tertiary/aromatic N) is 3. The van der Waals surface area contributed by atoms with Crippen LogP contribution in [0.25, 0.3) is 0 Å². The molecule has 13 nitrogen and oxygen atoms in total. The van der Waals surface area contributed by atoms with Gasteiger partial charge in [-0.05, 0) is 59.1 Å². The van der Waals surface area contributed by atoms with Gasteiger partial charge in [-0.3, -0.25) is 24.0 Å². The summed E-state index contributed by atoms with van der Waals surface area (Å²) in [5, 5.41) is 9.11. The number of hydrogen-bond acceptors (Lipinski definition) is 7. The quantitative estimate of drug-likeness (QED) is 0.240. The van der Waals surface area contributed by atoms with Gasteiger partial charge in [0.25, 0.3) is 5.91 Å². The molecule has 1 aromatic carbocycles. The Labute approximate surface area is 305 Å². The lowest BCUT2D eigenvalue weighted by Gasteiger charge is -2.39. The zero-order valence-corrected chi connectivity index (χ0v) is 31.6. The molecule has 4 aliphatic rings. The molecule has 1 aromatic rings. The lowest BCUT2D eigenvalue weighted by Crippen LogP contribution is -2.63. The van der Waals surface area contributed by atoms with Gasteiger partial charge >= 0.3 is 6.03 Å². The Morgan fingerprint density at radius 3 is 2.16 bits per heavy atom. The molecule has 6 atom stereocenters. The summed E-state index contributed by atoms with van der Waals surface area (Å²) >= 11 is 6.18. The maximum Gasteiger partial charge on any atom is 0.316 e. The molecule has 14 heteroatoms. The van der Waals surface area contributed by atoms with E-state index >= 15 is 0 Å². The Morgan fingerprint density at radius 1 is 0.961 bits per heavy atom. The molecule has 6 amide bonds. The minimum atomic E-state index is -1.11. The monoisotopic (exact) mass is 727 g/mol. The second kappa shape index (κ2) is 14.6. The van der Waals surface area contributed by atoms with Gasteiger partial charge in [-0.2, -0.15) is 0 Å². The van der Waals surface area contributed by atoms with E-state index in [0.29, 0.717) is 44.2 Å². The number of piperazine rings is 1. The van der Waals surface area contributed by atoms with E-state index in [9.17, 15) is 28.8 Å². The molecule has 2 saturated heterocycles. The molecule has 5 N–H and O–H groups in total. The number of anilines is 1. The van der Waals surface area contributed by atoms with Crippen LogP contribution in [0.15, 0.2) is 24.3 Å². The molecule has 1 unspecified atom stereocenters. The fourth-order valence-electron chi connectivity index (χ4n) is 7.86. The van der Waals surface area contributed by atoms with Crippen LogP contribution in [0.4, 0.5) is 10.5 Å². The maximum absolute atomic E-state index is 14.4. The Bertz CT molecular complexity index is 1550. The van der Waals surface area contributed by atoms with Crippen molar-refractivity contribution in [2.45, 2.75) is 91.9 Å². The van der Waals surface area contributed by atoms with Crippen LogP contribution in [-0.4, -0.2) is 102 Å². The van der Waals surface area contributed by atoms with Gasteiger partial charge in [0.15, 0.2) is 0 Å².